The van der Waals surface area contributed by atoms with Gasteiger partial charge < -0.3 is 4.55 Å². The van der Waals surface area contributed by atoms with Crippen LogP contribution in [0.5, 0.6) is 0 Å². The Labute approximate surface area is 64.8 Å². The molecule has 0 aromatic heterocycles. The molecular weight excluding hydrogens is 150 g/mol. The van der Waals surface area contributed by atoms with E-state index in [1.54, 1.807) is 0 Å². The first-order chi connectivity index (χ1) is 4.72. The van der Waals surface area contributed by atoms with E-state index in [4.69, 9.17) is 0 Å². The molecule has 0 aromatic rings. The molecule has 0 rings (SSSR count). The zero-order valence-electron chi connectivity index (χ0n) is 5.91. The molecule has 0 aliphatic carbocycles. The third-order valence-corrected chi connectivity index (χ3v) is 1.81. The number of hydrogen-bond acceptors (Lipinski definition) is 2. The van der Waals surface area contributed by atoms with Crippen LogP contribution in [-0.4, -0.2) is 26.2 Å². The van der Waals surface area contributed by atoms with Crippen LogP contribution < -0.4 is 0 Å². The van der Waals surface area contributed by atoms with E-state index in [1.165, 1.54) is 4.31 Å². The number of nitrogens with zero attached hydrogens (tertiary/aromatic N) is 1. The van der Waals surface area contributed by atoms with Crippen LogP contribution in [0.3, 0.4) is 0 Å². The Morgan fingerprint density at radius 1 is 1.60 bits per heavy atom. The van der Waals surface area contributed by atoms with E-state index >= 15 is 0 Å². The quantitative estimate of drug-likeness (QED) is 0.437. The number of rotatable bonds is 5. The van der Waals surface area contributed by atoms with Crippen LogP contribution in [0.4, 0.5) is 0 Å². The second-order valence-corrected chi connectivity index (χ2v) is 2.80. The Balaban J connectivity index is 3.61. The topological polar surface area (TPSA) is 43.4 Å². The van der Waals surface area contributed by atoms with Gasteiger partial charge in [0.15, 0.2) is 0 Å². The van der Waals surface area contributed by atoms with Gasteiger partial charge in [-0.3, -0.25) is 4.21 Å². The summed E-state index contributed by atoms with van der Waals surface area (Å²) in [6, 6.07) is 0. The molecule has 0 aromatic carbocycles. The lowest BCUT2D eigenvalue weighted by molar-refractivity contribution is 0.395. The molecule has 1 radical (unpaired) electrons. The van der Waals surface area contributed by atoms with Gasteiger partial charge in [-0.2, -0.15) is 0 Å². The molecule has 1 unspecified atom stereocenters. The van der Waals surface area contributed by atoms with Gasteiger partial charge in [0.05, 0.1) is 19.9 Å². The van der Waals surface area contributed by atoms with Crippen molar-refractivity contribution in [3.8, 4) is 0 Å². The molecule has 0 spiro atoms. The maximum atomic E-state index is 10.3. The average molecular weight is 162 g/mol. The van der Waals surface area contributed by atoms with E-state index in [-0.39, 0.29) is 0 Å². The lowest BCUT2D eigenvalue weighted by Gasteiger charge is -2.21. The van der Waals surface area contributed by atoms with Crippen molar-refractivity contribution in [2.45, 2.75) is 12.8 Å². The van der Waals surface area contributed by atoms with Crippen LogP contribution in [0.1, 0.15) is 12.8 Å². The fourth-order valence-electron chi connectivity index (χ4n) is 0.614. The minimum atomic E-state index is -2.10. The van der Waals surface area contributed by atoms with Crippen molar-refractivity contribution >= 4 is 11.3 Å². The predicted molar refractivity (Wildman–Crippen MR) is 40.4 cm³/mol. The van der Waals surface area contributed by atoms with Crippen LogP contribution in [0, 0.1) is 13.8 Å². The molecule has 0 saturated carbocycles. The SMILES string of the molecule is [CH2]CCN(CC[CH2+])S(=O)[O-]. The molecular formula is C6H12NO2S. The maximum Gasteiger partial charge on any atom is 0.0987 e. The lowest BCUT2D eigenvalue weighted by Crippen LogP contribution is -2.27. The van der Waals surface area contributed by atoms with Gasteiger partial charge in [0.2, 0.25) is 0 Å². The first-order valence-electron chi connectivity index (χ1n) is 3.15. The number of hydrogen-bond donors (Lipinski definition) is 0. The molecule has 0 saturated heterocycles. The highest BCUT2D eigenvalue weighted by Crippen LogP contribution is 1.95. The molecule has 1 atom stereocenters. The smallest absolute Gasteiger partial charge is 0.0987 e. The van der Waals surface area contributed by atoms with E-state index in [0.717, 1.165) is 0 Å². The Hall–Kier alpha value is -0.0600. The van der Waals surface area contributed by atoms with Gasteiger partial charge in [0, 0.05) is 17.8 Å². The molecule has 4 heteroatoms. The van der Waals surface area contributed by atoms with Crippen molar-refractivity contribution in [3.63, 3.8) is 0 Å². The highest BCUT2D eigenvalue weighted by Gasteiger charge is 2.02. The molecule has 0 aliphatic heterocycles. The standard InChI is InChI=1S/C6H12NO2S/c1-3-5-7(6-4-2)10(8)9/h1-6H2. The third-order valence-electron chi connectivity index (χ3n) is 1.03. The van der Waals surface area contributed by atoms with Crippen molar-refractivity contribution in [2.75, 3.05) is 13.1 Å². The monoisotopic (exact) mass is 162 g/mol. The molecule has 59 valence electrons. The van der Waals surface area contributed by atoms with E-state index in [9.17, 15) is 8.76 Å². The lowest BCUT2D eigenvalue weighted by atomic mass is 10.4. The van der Waals surface area contributed by atoms with Crippen LogP contribution in [0.15, 0.2) is 0 Å². The van der Waals surface area contributed by atoms with Crippen LogP contribution in [-0.2, 0) is 11.3 Å². The largest absolute Gasteiger partial charge is 0.760 e. The minimum Gasteiger partial charge on any atom is -0.760 e. The molecule has 0 bridgehead atoms. The normalized spacial score (nSPS) is 13.9. The van der Waals surface area contributed by atoms with Crippen molar-refractivity contribution in [1.29, 1.82) is 0 Å². The van der Waals surface area contributed by atoms with E-state index in [2.05, 4.69) is 13.8 Å². The zero-order valence-corrected chi connectivity index (χ0v) is 6.73. The maximum absolute atomic E-state index is 10.3. The molecule has 0 aliphatic rings. The second kappa shape index (κ2) is 5.70. The summed E-state index contributed by atoms with van der Waals surface area (Å²) in [4.78, 5) is 0. The van der Waals surface area contributed by atoms with Crippen molar-refractivity contribution in [3.05, 3.63) is 13.8 Å². The van der Waals surface area contributed by atoms with Gasteiger partial charge in [0.1, 0.15) is 0 Å². The molecule has 0 fully saturated rings. The average Bonchev–Trinajstić information content (AvgIpc) is 1.87. The van der Waals surface area contributed by atoms with Crippen LogP contribution >= 0.6 is 0 Å². The van der Waals surface area contributed by atoms with E-state index < -0.39 is 11.3 Å². The zero-order chi connectivity index (χ0) is 7.98. The first-order valence-corrected chi connectivity index (χ1v) is 4.18. The van der Waals surface area contributed by atoms with Gasteiger partial charge in [-0.1, -0.05) is 6.92 Å². The van der Waals surface area contributed by atoms with Crippen molar-refractivity contribution < 1.29 is 8.76 Å². The van der Waals surface area contributed by atoms with Gasteiger partial charge in [-0.05, 0) is 6.42 Å². The van der Waals surface area contributed by atoms with E-state index in [1.807, 2.05) is 0 Å². The van der Waals surface area contributed by atoms with Gasteiger partial charge in [0.25, 0.3) is 0 Å². The highest BCUT2D eigenvalue weighted by molar-refractivity contribution is 7.76. The Morgan fingerprint density at radius 2 is 2.20 bits per heavy atom. The Morgan fingerprint density at radius 3 is 2.50 bits per heavy atom. The van der Waals surface area contributed by atoms with Crippen molar-refractivity contribution in [1.82, 2.24) is 4.31 Å². The molecule has 10 heavy (non-hydrogen) atoms. The second-order valence-electron chi connectivity index (χ2n) is 1.85. The summed E-state index contributed by atoms with van der Waals surface area (Å²) < 4.78 is 22.0. The first kappa shape index (κ1) is 9.94. The Bertz CT molecular complexity index is 102. The molecule has 3 nitrogen and oxygen atoms in total. The van der Waals surface area contributed by atoms with Gasteiger partial charge in [-0.15, -0.1) is 0 Å². The highest BCUT2D eigenvalue weighted by atomic mass is 32.2. The molecule has 0 heterocycles. The fraction of sp³-hybridized carbons (Fsp3) is 0.667. The van der Waals surface area contributed by atoms with Crippen LogP contribution in [0.25, 0.3) is 0 Å². The summed E-state index contributed by atoms with van der Waals surface area (Å²) in [5.74, 6) is 0. The third kappa shape index (κ3) is 3.87. The van der Waals surface area contributed by atoms with Gasteiger partial charge >= 0.3 is 0 Å². The van der Waals surface area contributed by atoms with Crippen LogP contribution in [0.2, 0.25) is 0 Å². The fourth-order valence-corrected chi connectivity index (χ4v) is 1.17. The summed E-state index contributed by atoms with van der Waals surface area (Å²) >= 11 is -2.10. The summed E-state index contributed by atoms with van der Waals surface area (Å²) in [6.07, 6.45) is 1.21. The summed E-state index contributed by atoms with van der Waals surface area (Å²) in [5.41, 5.74) is 0. The predicted octanol–water partition coefficient (Wildman–Crippen LogP) is 0.531. The van der Waals surface area contributed by atoms with E-state index in [0.29, 0.717) is 25.9 Å². The summed E-state index contributed by atoms with van der Waals surface area (Å²) in [5, 5.41) is 0. The van der Waals surface area contributed by atoms with Gasteiger partial charge in [-0.25, -0.2) is 4.31 Å². The minimum absolute atomic E-state index is 0.492. The van der Waals surface area contributed by atoms with Crippen molar-refractivity contribution in [2.24, 2.45) is 0 Å². The Kier molecular flexibility index (Phi) is 5.67. The molecule has 0 amide bonds. The summed E-state index contributed by atoms with van der Waals surface area (Å²) in [7, 11) is 0. The molecule has 0 N–H and O–H groups in total. The summed E-state index contributed by atoms with van der Waals surface area (Å²) in [6.45, 7) is 8.09.